The molecule has 0 aliphatic heterocycles. The molecule has 3 saturated carbocycles. The van der Waals surface area contributed by atoms with Gasteiger partial charge in [-0.05, 0) is 87.4 Å². The first-order valence-corrected chi connectivity index (χ1v) is 11.1. The van der Waals surface area contributed by atoms with Crippen molar-refractivity contribution in [3.63, 3.8) is 0 Å². The van der Waals surface area contributed by atoms with E-state index in [0.29, 0.717) is 0 Å². The second kappa shape index (κ2) is 8.25. The van der Waals surface area contributed by atoms with Crippen LogP contribution in [0.15, 0.2) is 0 Å². The minimum Gasteiger partial charge on any atom is -0.198 e. The van der Waals surface area contributed by atoms with Crippen molar-refractivity contribution in [2.45, 2.75) is 104 Å². The maximum atomic E-state index is 9.74. The molecule has 0 amide bonds. The van der Waals surface area contributed by atoms with Gasteiger partial charge in [0.25, 0.3) is 0 Å². The highest BCUT2D eigenvalue weighted by molar-refractivity contribution is 5.04. The fraction of sp³-hybridized carbons (Fsp3) is 0.957. The Morgan fingerprint density at radius 3 is 2.17 bits per heavy atom. The zero-order valence-electron chi connectivity index (χ0n) is 16.2. The van der Waals surface area contributed by atoms with Crippen molar-refractivity contribution in [3.05, 3.63) is 0 Å². The lowest BCUT2D eigenvalue weighted by Crippen LogP contribution is -2.38. The zero-order chi connectivity index (χ0) is 17.0. The third-order valence-electron chi connectivity index (χ3n) is 8.05. The molecule has 3 rings (SSSR count). The first-order chi connectivity index (χ1) is 11.7. The minimum atomic E-state index is 0.0426. The Bertz CT molecular complexity index is 428. The van der Waals surface area contributed by atoms with Gasteiger partial charge in [-0.2, -0.15) is 5.26 Å². The average Bonchev–Trinajstić information content (AvgIpc) is 2.62. The fourth-order valence-corrected chi connectivity index (χ4v) is 6.70. The van der Waals surface area contributed by atoms with E-state index in [1.165, 1.54) is 83.5 Å². The summed E-state index contributed by atoms with van der Waals surface area (Å²) in [6.07, 6.45) is 19.4. The van der Waals surface area contributed by atoms with Crippen molar-refractivity contribution in [1.82, 2.24) is 0 Å². The molecule has 1 heteroatoms. The second-order valence-corrected chi connectivity index (χ2v) is 9.55. The van der Waals surface area contributed by atoms with Crippen LogP contribution in [0.1, 0.15) is 104 Å². The molecule has 0 N–H and O–H groups in total. The van der Waals surface area contributed by atoms with Crippen LogP contribution in [-0.2, 0) is 0 Å². The molecule has 3 aliphatic carbocycles. The van der Waals surface area contributed by atoms with E-state index in [1.54, 1.807) is 0 Å². The third kappa shape index (κ3) is 4.00. The van der Waals surface area contributed by atoms with Crippen LogP contribution < -0.4 is 0 Å². The van der Waals surface area contributed by atoms with Crippen LogP contribution in [0.2, 0.25) is 0 Å². The Hall–Kier alpha value is -0.510. The lowest BCUT2D eigenvalue weighted by Gasteiger charge is -2.47. The van der Waals surface area contributed by atoms with Gasteiger partial charge in [0.2, 0.25) is 0 Å². The molecule has 4 atom stereocenters. The van der Waals surface area contributed by atoms with Crippen molar-refractivity contribution in [2.24, 2.45) is 35.0 Å². The second-order valence-electron chi connectivity index (χ2n) is 9.55. The van der Waals surface area contributed by atoms with Crippen molar-refractivity contribution < 1.29 is 0 Å². The number of nitrogens with zero attached hydrogens (tertiary/aromatic N) is 1. The highest BCUT2D eigenvalue weighted by Gasteiger charge is 2.44. The Balaban J connectivity index is 1.51. The van der Waals surface area contributed by atoms with Gasteiger partial charge in [0.05, 0.1) is 11.5 Å². The van der Waals surface area contributed by atoms with Gasteiger partial charge in [-0.15, -0.1) is 0 Å². The van der Waals surface area contributed by atoms with Crippen LogP contribution in [0.5, 0.6) is 0 Å². The van der Waals surface area contributed by atoms with Crippen molar-refractivity contribution in [3.8, 4) is 6.07 Å². The predicted molar refractivity (Wildman–Crippen MR) is 101 cm³/mol. The molecular formula is C23H39N. The van der Waals surface area contributed by atoms with Gasteiger partial charge >= 0.3 is 0 Å². The van der Waals surface area contributed by atoms with Crippen LogP contribution in [0, 0.1) is 46.3 Å². The Morgan fingerprint density at radius 2 is 1.50 bits per heavy atom. The highest BCUT2D eigenvalue weighted by atomic mass is 14.5. The molecule has 0 radical (unpaired) electrons. The Morgan fingerprint density at radius 1 is 0.833 bits per heavy atom. The summed E-state index contributed by atoms with van der Waals surface area (Å²) in [5.41, 5.74) is 0.0426. The predicted octanol–water partition coefficient (Wildman–Crippen LogP) is 7.12. The first-order valence-electron chi connectivity index (χ1n) is 11.1. The van der Waals surface area contributed by atoms with Crippen molar-refractivity contribution in [1.29, 1.82) is 5.26 Å². The van der Waals surface area contributed by atoms with Gasteiger partial charge in [0.15, 0.2) is 0 Å². The lowest BCUT2D eigenvalue weighted by atomic mass is 9.57. The van der Waals surface area contributed by atoms with Gasteiger partial charge in [-0.1, -0.05) is 46.0 Å². The maximum absolute atomic E-state index is 9.74. The fourth-order valence-electron chi connectivity index (χ4n) is 6.70. The molecule has 0 saturated heterocycles. The van der Waals surface area contributed by atoms with E-state index >= 15 is 0 Å². The van der Waals surface area contributed by atoms with E-state index in [1.807, 2.05) is 0 Å². The zero-order valence-corrected chi connectivity index (χ0v) is 16.2. The molecule has 0 aromatic heterocycles. The maximum Gasteiger partial charge on any atom is 0.0689 e. The summed E-state index contributed by atoms with van der Waals surface area (Å²) < 4.78 is 0. The standard InChI is InChI=1S/C23H39N/c1-3-5-18-6-8-19(9-7-18)20-10-11-22-16-23(17-24,13-4-2)14-12-21(22)15-20/h18-22H,3-16H2,1-2H3/t18?,19?,20-,21+,22+,23-/m0/s1. The molecule has 0 heterocycles. The molecule has 0 aromatic carbocycles. The summed E-state index contributed by atoms with van der Waals surface area (Å²) >= 11 is 0. The molecular weight excluding hydrogens is 290 g/mol. The lowest BCUT2D eigenvalue weighted by molar-refractivity contribution is 0.0384. The van der Waals surface area contributed by atoms with E-state index in [0.717, 1.165) is 36.0 Å². The van der Waals surface area contributed by atoms with E-state index in [2.05, 4.69) is 19.9 Å². The molecule has 24 heavy (non-hydrogen) atoms. The van der Waals surface area contributed by atoms with E-state index in [4.69, 9.17) is 0 Å². The van der Waals surface area contributed by atoms with Crippen LogP contribution in [-0.4, -0.2) is 0 Å². The SMILES string of the molecule is CCCC1CCC([C@H]2CC[C@@H]3C[C@](C#N)(CCC)CC[C@@H]3C2)CC1. The van der Waals surface area contributed by atoms with Gasteiger partial charge in [-0.3, -0.25) is 0 Å². The van der Waals surface area contributed by atoms with Gasteiger partial charge < -0.3 is 0 Å². The number of nitriles is 1. The molecule has 1 nitrogen and oxygen atoms in total. The average molecular weight is 330 g/mol. The van der Waals surface area contributed by atoms with Gasteiger partial charge in [0, 0.05) is 0 Å². The topological polar surface area (TPSA) is 23.8 Å². The van der Waals surface area contributed by atoms with E-state index in [-0.39, 0.29) is 5.41 Å². The summed E-state index contributed by atoms with van der Waals surface area (Å²) in [6.45, 7) is 4.59. The molecule has 0 bridgehead atoms. The van der Waals surface area contributed by atoms with E-state index in [9.17, 15) is 5.26 Å². The minimum absolute atomic E-state index is 0.0426. The van der Waals surface area contributed by atoms with Crippen LogP contribution in [0.4, 0.5) is 0 Å². The smallest absolute Gasteiger partial charge is 0.0689 e. The summed E-state index contributed by atoms with van der Waals surface area (Å²) in [7, 11) is 0. The summed E-state index contributed by atoms with van der Waals surface area (Å²) in [5, 5.41) is 9.74. The largest absolute Gasteiger partial charge is 0.198 e. The Labute approximate surface area is 150 Å². The van der Waals surface area contributed by atoms with Gasteiger partial charge in [0.1, 0.15) is 0 Å². The highest BCUT2D eigenvalue weighted by Crippen LogP contribution is 2.53. The molecule has 0 unspecified atom stereocenters. The molecule has 3 fully saturated rings. The van der Waals surface area contributed by atoms with Crippen LogP contribution in [0.3, 0.4) is 0 Å². The molecule has 3 aliphatic rings. The summed E-state index contributed by atoms with van der Waals surface area (Å²) in [5.74, 6) is 4.93. The monoisotopic (exact) mass is 329 g/mol. The summed E-state index contributed by atoms with van der Waals surface area (Å²) in [6, 6.07) is 2.74. The number of fused-ring (bicyclic) bond motifs is 1. The van der Waals surface area contributed by atoms with Crippen LogP contribution in [0.25, 0.3) is 0 Å². The molecule has 136 valence electrons. The summed E-state index contributed by atoms with van der Waals surface area (Å²) in [4.78, 5) is 0. The number of hydrogen-bond acceptors (Lipinski definition) is 1. The number of rotatable bonds is 5. The van der Waals surface area contributed by atoms with Crippen molar-refractivity contribution in [2.75, 3.05) is 0 Å². The normalized spacial score (nSPS) is 43.0. The number of hydrogen-bond donors (Lipinski definition) is 0. The van der Waals surface area contributed by atoms with Crippen LogP contribution >= 0.6 is 0 Å². The third-order valence-corrected chi connectivity index (χ3v) is 8.05. The van der Waals surface area contributed by atoms with Crippen molar-refractivity contribution >= 4 is 0 Å². The molecule has 0 aromatic rings. The molecule has 0 spiro atoms. The van der Waals surface area contributed by atoms with E-state index < -0.39 is 0 Å². The van der Waals surface area contributed by atoms with Gasteiger partial charge in [-0.25, -0.2) is 0 Å². The first kappa shape index (κ1) is 18.3. The Kier molecular flexibility index (Phi) is 6.28. The quantitative estimate of drug-likeness (QED) is 0.526.